The van der Waals surface area contributed by atoms with Crippen molar-refractivity contribution >= 4 is 17.3 Å². The van der Waals surface area contributed by atoms with Crippen LogP contribution in [0.1, 0.15) is 5.56 Å². The molecule has 0 amide bonds. The average Bonchev–Trinajstić information content (AvgIpc) is 2.51. The number of hydrogen-bond acceptors (Lipinski definition) is 1. The number of hydrogen-bond donors (Lipinski definition) is 1. The first-order chi connectivity index (χ1) is 9.81. The van der Waals surface area contributed by atoms with Gasteiger partial charge in [-0.25, -0.2) is 0 Å². The maximum absolute atomic E-state index is 5.93. The fraction of sp³-hybridized carbons (Fsp3) is 0.294. The van der Waals surface area contributed by atoms with Crippen LogP contribution in [0.25, 0.3) is 0 Å². The van der Waals surface area contributed by atoms with E-state index in [1.807, 2.05) is 12.1 Å². The zero-order valence-electron chi connectivity index (χ0n) is 11.6. The molecule has 20 heavy (non-hydrogen) atoms. The van der Waals surface area contributed by atoms with Gasteiger partial charge in [-0.15, -0.1) is 0 Å². The fourth-order valence-corrected chi connectivity index (χ4v) is 2.91. The average molecular weight is 288 g/mol. The van der Waals surface area contributed by atoms with Crippen molar-refractivity contribution in [2.24, 2.45) is 0 Å². The summed E-state index contributed by atoms with van der Waals surface area (Å²) in [5.74, 6) is 0. The predicted molar refractivity (Wildman–Crippen MR) is 84.5 cm³/mol. The predicted octanol–water partition coefficient (Wildman–Crippen LogP) is 2.25. The van der Waals surface area contributed by atoms with Gasteiger partial charge in [0, 0.05) is 16.3 Å². The largest absolute Gasteiger partial charge is 0.360 e. The van der Waals surface area contributed by atoms with Crippen LogP contribution < -0.4 is 9.80 Å². The van der Waals surface area contributed by atoms with Gasteiger partial charge in [0.05, 0.1) is 26.2 Å². The van der Waals surface area contributed by atoms with Crippen molar-refractivity contribution in [3.63, 3.8) is 0 Å². The van der Waals surface area contributed by atoms with Crippen LogP contribution in [-0.4, -0.2) is 26.2 Å². The molecule has 104 valence electrons. The Morgan fingerprint density at radius 3 is 2.20 bits per heavy atom. The van der Waals surface area contributed by atoms with E-state index in [-0.39, 0.29) is 0 Å². The fourth-order valence-electron chi connectivity index (χ4n) is 2.79. The normalized spacial score (nSPS) is 16.4. The molecule has 0 aromatic heterocycles. The first-order valence-corrected chi connectivity index (χ1v) is 7.57. The third-order valence-corrected chi connectivity index (χ3v) is 4.21. The Labute approximate surface area is 125 Å². The molecule has 1 N–H and O–H groups in total. The minimum atomic E-state index is 0.817. The second-order valence-electron chi connectivity index (χ2n) is 5.38. The molecule has 0 bridgehead atoms. The maximum atomic E-state index is 5.93. The lowest BCUT2D eigenvalue weighted by molar-refractivity contribution is -0.914. The Morgan fingerprint density at radius 2 is 1.55 bits per heavy atom. The summed E-state index contributed by atoms with van der Waals surface area (Å²) >= 11 is 5.93. The quantitative estimate of drug-likeness (QED) is 0.910. The summed E-state index contributed by atoms with van der Waals surface area (Å²) < 4.78 is 0. The number of halogens is 1. The Bertz CT molecular complexity index is 531. The van der Waals surface area contributed by atoms with E-state index < -0.39 is 0 Å². The van der Waals surface area contributed by atoms with Crippen LogP contribution in [0.15, 0.2) is 54.6 Å². The van der Waals surface area contributed by atoms with Gasteiger partial charge in [-0.1, -0.05) is 41.9 Å². The lowest BCUT2D eigenvalue weighted by Gasteiger charge is -2.33. The van der Waals surface area contributed by atoms with Gasteiger partial charge in [-0.05, 0) is 24.3 Å². The van der Waals surface area contributed by atoms with Crippen LogP contribution in [0.3, 0.4) is 0 Å². The number of nitrogens with one attached hydrogen (secondary N) is 1. The van der Waals surface area contributed by atoms with Crippen molar-refractivity contribution in [1.29, 1.82) is 0 Å². The van der Waals surface area contributed by atoms with E-state index in [4.69, 9.17) is 11.6 Å². The summed E-state index contributed by atoms with van der Waals surface area (Å²) in [6.45, 7) is 5.74. The SMILES string of the molecule is Clc1ccc(C[NH+]2CCN(c3ccccc3)CC2)cc1. The zero-order valence-corrected chi connectivity index (χ0v) is 12.3. The summed E-state index contributed by atoms with van der Waals surface area (Å²) in [5, 5.41) is 0.817. The molecule has 1 aliphatic rings. The molecule has 3 rings (SSSR count). The summed E-state index contributed by atoms with van der Waals surface area (Å²) in [6.07, 6.45) is 0. The van der Waals surface area contributed by atoms with E-state index in [0.717, 1.165) is 24.7 Å². The lowest BCUT2D eigenvalue weighted by Crippen LogP contribution is -3.13. The minimum Gasteiger partial charge on any atom is -0.360 e. The van der Waals surface area contributed by atoms with E-state index >= 15 is 0 Å². The third kappa shape index (κ3) is 3.33. The molecular weight excluding hydrogens is 268 g/mol. The van der Waals surface area contributed by atoms with Crippen LogP contribution in [0.5, 0.6) is 0 Å². The summed E-state index contributed by atoms with van der Waals surface area (Å²) in [4.78, 5) is 4.13. The molecule has 0 saturated carbocycles. The molecule has 1 aliphatic heterocycles. The molecule has 0 radical (unpaired) electrons. The summed E-state index contributed by atoms with van der Waals surface area (Å²) in [7, 11) is 0. The topological polar surface area (TPSA) is 7.68 Å². The molecule has 0 spiro atoms. The zero-order chi connectivity index (χ0) is 13.8. The standard InChI is InChI=1S/C17H19ClN2/c18-16-8-6-15(7-9-16)14-19-10-12-20(13-11-19)17-4-2-1-3-5-17/h1-9H,10-14H2/p+1. The van der Waals surface area contributed by atoms with Crippen LogP contribution in [0.4, 0.5) is 5.69 Å². The molecule has 3 heteroatoms. The molecule has 0 atom stereocenters. The Balaban J connectivity index is 1.55. The highest BCUT2D eigenvalue weighted by Crippen LogP contribution is 2.13. The van der Waals surface area contributed by atoms with Crippen molar-refractivity contribution < 1.29 is 4.90 Å². The van der Waals surface area contributed by atoms with Gasteiger partial charge in [0.1, 0.15) is 6.54 Å². The number of piperazine rings is 1. The van der Waals surface area contributed by atoms with E-state index in [9.17, 15) is 0 Å². The molecule has 1 heterocycles. The minimum absolute atomic E-state index is 0.817. The van der Waals surface area contributed by atoms with Gasteiger partial charge in [0.25, 0.3) is 0 Å². The molecule has 2 aromatic carbocycles. The van der Waals surface area contributed by atoms with Gasteiger partial charge in [0.2, 0.25) is 0 Å². The van der Waals surface area contributed by atoms with Gasteiger partial charge in [-0.2, -0.15) is 0 Å². The van der Waals surface area contributed by atoms with E-state index in [0.29, 0.717) is 0 Å². The van der Waals surface area contributed by atoms with Crippen LogP contribution in [-0.2, 0) is 6.54 Å². The van der Waals surface area contributed by atoms with Crippen molar-refractivity contribution in [2.45, 2.75) is 6.54 Å². The first-order valence-electron chi connectivity index (χ1n) is 7.19. The Hall–Kier alpha value is -1.51. The van der Waals surface area contributed by atoms with E-state index in [2.05, 4.69) is 47.4 Å². The van der Waals surface area contributed by atoms with Gasteiger partial charge < -0.3 is 9.80 Å². The monoisotopic (exact) mass is 287 g/mol. The van der Waals surface area contributed by atoms with Crippen molar-refractivity contribution in [1.82, 2.24) is 0 Å². The smallest absolute Gasteiger partial charge is 0.103 e. The number of benzene rings is 2. The number of para-hydroxylation sites is 1. The summed E-state index contributed by atoms with van der Waals surface area (Å²) in [5.41, 5.74) is 2.72. The molecule has 2 nitrogen and oxygen atoms in total. The molecule has 1 saturated heterocycles. The first kappa shape index (κ1) is 13.5. The van der Waals surface area contributed by atoms with Crippen molar-refractivity contribution in [2.75, 3.05) is 31.1 Å². The van der Waals surface area contributed by atoms with E-state index in [1.54, 1.807) is 4.90 Å². The second kappa shape index (κ2) is 6.29. The molecule has 0 unspecified atom stereocenters. The molecule has 0 aliphatic carbocycles. The van der Waals surface area contributed by atoms with Gasteiger partial charge >= 0.3 is 0 Å². The highest BCUT2D eigenvalue weighted by Gasteiger charge is 2.19. The maximum Gasteiger partial charge on any atom is 0.103 e. The Morgan fingerprint density at radius 1 is 0.900 bits per heavy atom. The molecule has 2 aromatic rings. The van der Waals surface area contributed by atoms with E-state index in [1.165, 1.54) is 24.3 Å². The van der Waals surface area contributed by atoms with Gasteiger partial charge in [-0.3, -0.25) is 0 Å². The van der Waals surface area contributed by atoms with Gasteiger partial charge in [0.15, 0.2) is 0 Å². The second-order valence-corrected chi connectivity index (χ2v) is 5.81. The van der Waals surface area contributed by atoms with Crippen molar-refractivity contribution in [3.05, 3.63) is 65.2 Å². The van der Waals surface area contributed by atoms with Crippen LogP contribution in [0.2, 0.25) is 5.02 Å². The van der Waals surface area contributed by atoms with Crippen molar-refractivity contribution in [3.8, 4) is 0 Å². The molecular formula is C17H20ClN2+. The highest BCUT2D eigenvalue weighted by atomic mass is 35.5. The number of anilines is 1. The summed E-state index contributed by atoms with van der Waals surface area (Å²) in [6, 6.07) is 18.9. The number of rotatable bonds is 3. The number of quaternary nitrogens is 1. The highest BCUT2D eigenvalue weighted by molar-refractivity contribution is 6.30. The number of nitrogens with zero attached hydrogens (tertiary/aromatic N) is 1. The molecule has 1 fully saturated rings. The van der Waals surface area contributed by atoms with Crippen LogP contribution in [0, 0.1) is 0 Å². The Kier molecular flexibility index (Phi) is 4.24. The third-order valence-electron chi connectivity index (χ3n) is 3.96. The van der Waals surface area contributed by atoms with Crippen LogP contribution >= 0.6 is 11.6 Å². The lowest BCUT2D eigenvalue weighted by atomic mass is 10.2.